The molecule has 1 N–H and O–H groups in total. The van der Waals surface area contributed by atoms with Crippen molar-refractivity contribution in [3.63, 3.8) is 0 Å². The number of benzene rings is 1. The zero-order chi connectivity index (χ0) is 11.6. The number of nitrogens with one attached hydrogen (secondary N) is 1. The maximum atomic E-state index is 11.3. The van der Waals surface area contributed by atoms with E-state index in [1.54, 1.807) is 6.07 Å². The number of carbonyl (C=O) groups excluding carboxylic acids is 1. The van der Waals surface area contributed by atoms with Gasteiger partial charge in [-0.05, 0) is 36.6 Å². The molecule has 0 aromatic heterocycles. The van der Waals surface area contributed by atoms with Gasteiger partial charge in [0.1, 0.15) is 0 Å². The van der Waals surface area contributed by atoms with Crippen molar-refractivity contribution in [3.05, 3.63) is 48.0 Å². The Morgan fingerprint density at radius 1 is 1.56 bits per heavy atom. The number of nitriles is 1. The molecule has 3 nitrogen and oxygen atoms in total. The molecule has 1 amide bonds. The average Bonchev–Trinajstić information content (AvgIpc) is 3.10. The number of rotatable bonds is 3. The fourth-order valence-electron chi connectivity index (χ4n) is 1.78. The topological polar surface area (TPSA) is 52.9 Å². The minimum Gasteiger partial charge on any atom is -0.343 e. The first-order valence-electron chi connectivity index (χ1n) is 5.15. The van der Waals surface area contributed by atoms with Gasteiger partial charge in [-0.25, -0.2) is 0 Å². The van der Waals surface area contributed by atoms with E-state index < -0.39 is 0 Å². The second-order valence-corrected chi connectivity index (χ2v) is 3.97. The lowest BCUT2D eigenvalue weighted by Crippen LogP contribution is -2.33. The lowest BCUT2D eigenvalue weighted by Gasteiger charge is -2.16. The predicted molar refractivity (Wildman–Crippen MR) is 60.4 cm³/mol. The summed E-state index contributed by atoms with van der Waals surface area (Å²) < 4.78 is 0. The third-order valence-corrected chi connectivity index (χ3v) is 2.84. The number of hydrogen-bond donors (Lipinski definition) is 1. The Morgan fingerprint density at radius 3 is 2.88 bits per heavy atom. The van der Waals surface area contributed by atoms with Gasteiger partial charge in [-0.15, -0.1) is 0 Å². The first-order chi connectivity index (χ1) is 7.70. The maximum Gasteiger partial charge on any atom is 0.244 e. The standard InChI is InChI=1S/C13H12N2O/c1-2-12(16)15-13(6-7-13)11-5-3-4-10(8-11)9-14/h2-5,8H,1,6-7H2,(H,15,16). The summed E-state index contributed by atoms with van der Waals surface area (Å²) >= 11 is 0. The molecule has 3 heteroatoms. The molecule has 0 saturated heterocycles. The van der Waals surface area contributed by atoms with Crippen LogP contribution in [0.3, 0.4) is 0 Å². The smallest absolute Gasteiger partial charge is 0.244 e. The Bertz CT molecular complexity index is 481. The van der Waals surface area contributed by atoms with E-state index in [1.165, 1.54) is 6.08 Å². The molecule has 1 aromatic rings. The largest absolute Gasteiger partial charge is 0.343 e. The molecule has 0 radical (unpaired) electrons. The van der Waals surface area contributed by atoms with Crippen LogP contribution in [0.2, 0.25) is 0 Å². The summed E-state index contributed by atoms with van der Waals surface area (Å²) in [7, 11) is 0. The van der Waals surface area contributed by atoms with Crippen LogP contribution in [0.15, 0.2) is 36.9 Å². The Morgan fingerprint density at radius 2 is 2.31 bits per heavy atom. The summed E-state index contributed by atoms with van der Waals surface area (Å²) in [5.41, 5.74) is 1.36. The van der Waals surface area contributed by atoms with Gasteiger partial charge >= 0.3 is 0 Å². The molecule has 1 aromatic carbocycles. The van der Waals surface area contributed by atoms with Crippen LogP contribution in [0.4, 0.5) is 0 Å². The Hall–Kier alpha value is -2.08. The van der Waals surface area contributed by atoms with E-state index in [0.29, 0.717) is 5.56 Å². The molecule has 0 unspecified atom stereocenters. The van der Waals surface area contributed by atoms with Gasteiger partial charge in [-0.1, -0.05) is 18.7 Å². The van der Waals surface area contributed by atoms with E-state index in [9.17, 15) is 4.79 Å². The highest BCUT2D eigenvalue weighted by Crippen LogP contribution is 2.45. The van der Waals surface area contributed by atoms with E-state index in [-0.39, 0.29) is 11.4 Å². The van der Waals surface area contributed by atoms with Crippen LogP contribution in [-0.2, 0) is 10.3 Å². The molecule has 0 atom stereocenters. The van der Waals surface area contributed by atoms with E-state index in [4.69, 9.17) is 5.26 Å². The SMILES string of the molecule is C=CC(=O)NC1(c2cccc(C#N)c2)CC1. The van der Waals surface area contributed by atoms with Crippen molar-refractivity contribution < 1.29 is 4.79 Å². The van der Waals surface area contributed by atoms with E-state index >= 15 is 0 Å². The molecule has 80 valence electrons. The Balaban J connectivity index is 2.26. The first-order valence-corrected chi connectivity index (χ1v) is 5.15. The average molecular weight is 212 g/mol. The minimum atomic E-state index is -0.266. The van der Waals surface area contributed by atoms with Gasteiger partial charge in [0.15, 0.2) is 0 Å². The summed E-state index contributed by atoms with van der Waals surface area (Å²) in [6.45, 7) is 3.44. The molecule has 1 fully saturated rings. The molecule has 1 aliphatic rings. The van der Waals surface area contributed by atoms with Gasteiger partial charge in [-0.3, -0.25) is 4.79 Å². The van der Waals surface area contributed by atoms with Gasteiger partial charge < -0.3 is 5.32 Å². The van der Waals surface area contributed by atoms with Gasteiger partial charge in [-0.2, -0.15) is 5.26 Å². The molecular weight excluding hydrogens is 200 g/mol. The van der Waals surface area contributed by atoms with Gasteiger partial charge in [0.25, 0.3) is 0 Å². The van der Waals surface area contributed by atoms with E-state index in [0.717, 1.165) is 18.4 Å². The number of nitrogens with zero attached hydrogens (tertiary/aromatic N) is 1. The zero-order valence-corrected chi connectivity index (χ0v) is 8.86. The van der Waals surface area contributed by atoms with Crippen LogP contribution in [0, 0.1) is 11.3 Å². The molecule has 0 bridgehead atoms. The predicted octanol–water partition coefficient (Wildman–Crippen LogP) is 1.85. The van der Waals surface area contributed by atoms with Crippen molar-refractivity contribution >= 4 is 5.91 Å². The lowest BCUT2D eigenvalue weighted by atomic mass is 10.0. The van der Waals surface area contributed by atoms with E-state index in [2.05, 4.69) is 18.0 Å². The highest BCUT2D eigenvalue weighted by Gasteiger charge is 2.45. The van der Waals surface area contributed by atoms with Gasteiger partial charge in [0.2, 0.25) is 5.91 Å². The molecule has 0 heterocycles. The second kappa shape index (κ2) is 3.82. The van der Waals surface area contributed by atoms with Crippen molar-refractivity contribution in [2.75, 3.05) is 0 Å². The van der Waals surface area contributed by atoms with Crippen molar-refractivity contribution in [1.29, 1.82) is 5.26 Å². The summed E-state index contributed by atoms with van der Waals surface area (Å²) in [5.74, 6) is -0.167. The number of amides is 1. The quantitative estimate of drug-likeness (QED) is 0.777. The summed E-state index contributed by atoms with van der Waals surface area (Å²) in [4.78, 5) is 11.3. The Labute approximate surface area is 94.4 Å². The van der Waals surface area contributed by atoms with Crippen LogP contribution in [-0.4, -0.2) is 5.91 Å². The molecule has 2 rings (SSSR count). The van der Waals surface area contributed by atoms with Crippen molar-refractivity contribution in [2.24, 2.45) is 0 Å². The van der Waals surface area contributed by atoms with Crippen LogP contribution in [0.5, 0.6) is 0 Å². The first kappa shape index (κ1) is 10.4. The molecule has 1 aliphatic carbocycles. The van der Waals surface area contributed by atoms with Crippen molar-refractivity contribution in [3.8, 4) is 6.07 Å². The fraction of sp³-hybridized carbons (Fsp3) is 0.231. The van der Waals surface area contributed by atoms with E-state index in [1.807, 2.05) is 18.2 Å². The molecule has 16 heavy (non-hydrogen) atoms. The Kier molecular flexibility index (Phi) is 2.49. The minimum absolute atomic E-state index is 0.167. The van der Waals surface area contributed by atoms with Crippen LogP contribution >= 0.6 is 0 Å². The molecule has 0 spiro atoms. The number of hydrogen-bond acceptors (Lipinski definition) is 2. The van der Waals surface area contributed by atoms with Crippen LogP contribution < -0.4 is 5.32 Å². The number of carbonyl (C=O) groups is 1. The highest BCUT2D eigenvalue weighted by molar-refractivity contribution is 5.88. The van der Waals surface area contributed by atoms with Gasteiger partial charge in [0, 0.05) is 0 Å². The lowest BCUT2D eigenvalue weighted by molar-refractivity contribution is -0.117. The molecular formula is C13H12N2O. The maximum absolute atomic E-state index is 11.3. The third-order valence-electron chi connectivity index (χ3n) is 2.84. The van der Waals surface area contributed by atoms with Crippen LogP contribution in [0.25, 0.3) is 0 Å². The van der Waals surface area contributed by atoms with Crippen LogP contribution in [0.1, 0.15) is 24.0 Å². The molecule has 1 saturated carbocycles. The van der Waals surface area contributed by atoms with Crippen molar-refractivity contribution in [2.45, 2.75) is 18.4 Å². The highest BCUT2D eigenvalue weighted by atomic mass is 16.1. The normalized spacial score (nSPS) is 15.9. The second-order valence-electron chi connectivity index (χ2n) is 3.97. The zero-order valence-electron chi connectivity index (χ0n) is 8.86. The summed E-state index contributed by atoms with van der Waals surface area (Å²) in [5, 5.41) is 11.7. The van der Waals surface area contributed by atoms with Gasteiger partial charge in [0.05, 0.1) is 17.2 Å². The van der Waals surface area contributed by atoms with Crippen molar-refractivity contribution in [1.82, 2.24) is 5.32 Å². The molecule has 0 aliphatic heterocycles. The monoisotopic (exact) mass is 212 g/mol. The third kappa shape index (κ3) is 1.82. The summed E-state index contributed by atoms with van der Waals surface area (Å²) in [6.07, 6.45) is 3.11. The fourth-order valence-corrected chi connectivity index (χ4v) is 1.78. The summed E-state index contributed by atoms with van der Waals surface area (Å²) in [6, 6.07) is 9.47.